The summed E-state index contributed by atoms with van der Waals surface area (Å²) < 4.78 is 0. The number of hydrogen-bond donors (Lipinski definition) is 1. The smallest absolute Gasteiger partial charge is 0.0221 e. The van der Waals surface area contributed by atoms with Crippen molar-refractivity contribution in [1.82, 2.24) is 5.32 Å². The van der Waals surface area contributed by atoms with Crippen LogP contribution in [0, 0.1) is 0 Å². The van der Waals surface area contributed by atoms with Gasteiger partial charge in [-0.2, -0.15) is 0 Å². The molecule has 0 aromatic carbocycles. The summed E-state index contributed by atoms with van der Waals surface area (Å²) in [5.74, 6) is 0. The van der Waals surface area contributed by atoms with E-state index in [-0.39, 0.29) is 0 Å². The van der Waals surface area contributed by atoms with E-state index in [4.69, 9.17) is 0 Å². The Bertz CT molecular complexity index is 80.6. The van der Waals surface area contributed by atoms with Crippen LogP contribution < -0.4 is 5.32 Å². The van der Waals surface area contributed by atoms with Gasteiger partial charge in [-0.25, -0.2) is 0 Å². The Morgan fingerprint density at radius 3 is 2.44 bits per heavy atom. The van der Waals surface area contributed by atoms with E-state index in [9.17, 15) is 0 Å². The SMILES string of the molecule is CCCCCC1NC1C. The first-order chi connectivity index (χ1) is 4.34. The van der Waals surface area contributed by atoms with Gasteiger partial charge in [0.15, 0.2) is 0 Å². The van der Waals surface area contributed by atoms with Crippen LogP contribution in [0.1, 0.15) is 39.5 Å². The molecule has 0 radical (unpaired) electrons. The van der Waals surface area contributed by atoms with Crippen molar-refractivity contribution in [2.45, 2.75) is 51.6 Å². The first-order valence-corrected chi connectivity index (χ1v) is 4.10. The van der Waals surface area contributed by atoms with Gasteiger partial charge in [0, 0.05) is 12.1 Å². The highest BCUT2D eigenvalue weighted by atomic mass is 15.1. The fourth-order valence-corrected chi connectivity index (χ4v) is 1.23. The molecule has 1 aliphatic heterocycles. The van der Waals surface area contributed by atoms with Crippen molar-refractivity contribution in [1.29, 1.82) is 0 Å². The highest BCUT2D eigenvalue weighted by molar-refractivity contribution is 4.93. The van der Waals surface area contributed by atoms with Crippen LogP contribution in [-0.2, 0) is 0 Å². The van der Waals surface area contributed by atoms with E-state index in [1.807, 2.05) is 0 Å². The zero-order chi connectivity index (χ0) is 6.69. The zero-order valence-corrected chi connectivity index (χ0v) is 6.48. The van der Waals surface area contributed by atoms with Gasteiger partial charge in [0.05, 0.1) is 0 Å². The van der Waals surface area contributed by atoms with E-state index < -0.39 is 0 Å². The zero-order valence-electron chi connectivity index (χ0n) is 6.48. The lowest BCUT2D eigenvalue weighted by Gasteiger charge is -1.93. The standard InChI is InChI=1S/C8H17N/c1-3-4-5-6-8-7(2)9-8/h7-9H,3-6H2,1-2H3. The molecule has 1 fully saturated rings. The molecule has 1 nitrogen and oxygen atoms in total. The molecule has 0 amide bonds. The van der Waals surface area contributed by atoms with Gasteiger partial charge < -0.3 is 5.32 Å². The van der Waals surface area contributed by atoms with Gasteiger partial charge in [-0.05, 0) is 13.3 Å². The summed E-state index contributed by atoms with van der Waals surface area (Å²) in [7, 11) is 0. The van der Waals surface area contributed by atoms with Crippen molar-refractivity contribution in [3.63, 3.8) is 0 Å². The Morgan fingerprint density at radius 1 is 1.33 bits per heavy atom. The molecule has 0 saturated carbocycles. The maximum absolute atomic E-state index is 3.39. The molecule has 2 atom stereocenters. The normalized spacial score (nSPS) is 32.7. The number of unbranched alkanes of at least 4 members (excludes halogenated alkanes) is 2. The molecular weight excluding hydrogens is 110 g/mol. The Hall–Kier alpha value is -0.0400. The second-order valence-electron chi connectivity index (χ2n) is 3.06. The molecule has 1 aliphatic rings. The van der Waals surface area contributed by atoms with Crippen molar-refractivity contribution < 1.29 is 0 Å². The van der Waals surface area contributed by atoms with Crippen molar-refractivity contribution in [3.8, 4) is 0 Å². The predicted octanol–water partition coefficient (Wildman–Crippen LogP) is 1.93. The van der Waals surface area contributed by atoms with Crippen LogP contribution in [0.3, 0.4) is 0 Å². The van der Waals surface area contributed by atoms with Crippen LogP contribution in [0.25, 0.3) is 0 Å². The fourth-order valence-electron chi connectivity index (χ4n) is 1.23. The topological polar surface area (TPSA) is 21.9 Å². The molecule has 0 spiro atoms. The van der Waals surface area contributed by atoms with Crippen LogP contribution in [-0.4, -0.2) is 12.1 Å². The quantitative estimate of drug-likeness (QED) is 0.452. The van der Waals surface area contributed by atoms with Crippen LogP contribution in [0.2, 0.25) is 0 Å². The second-order valence-corrected chi connectivity index (χ2v) is 3.06. The minimum absolute atomic E-state index is 0.821. The molecule has 0 aromatic heterocycles. The highest BCUT2D eigenvalue weighted by Crippen LogP contribution is 2.16. The van der Waals surface area contributed by atoms with E-state index >= 15 is 0 Å². The van der Waals surface area contributed by atoms with Gasteiger partial charge in [0.25, 0.3) is 0 Å². The minimum atomic E-state index is 0.821. The van der Waals surface area contributed by atoms with E-state index in [1.54, 1.807) is 0 Å². The summed E-state index contributed by atoms with van der Waals surface area (Å²) in [5, 5.41) is 3.39. The van der Waals surface area contributed by atoms with Crippen LogP contribution >= 0.6 is 0 Å². The first-order valence-electron chi connectivity index (χ1n) is 4.10. The molecule has 9 heavy (non-hydrogen) atoms. The average Bonchev–Trinajstić information content (AvgIpc) is 2.48. The lowest BCUT2D eigenvalue weighted by Crippen LogP contribution is -1.90. The Morgan fingerprint density at radius 2 is 2.00 bits per heavy atom. The third kappa shape index (κ3) is 2.35. The molecule has 1 N–H and O–H groups in total. The third-order valence-electron chi connectivity index (χ3n) is 2.09. The van der Waals surface area contributed by atoms with Crippen molar-refractivity contribution >= 4 is 0 Å². The van der Waals surface area contributed by atoms with E-state index in [1.165, 1.54) is 25.7 Å². The van der Waals surface area contributed by atoms with Crippen LogP contribution in [0.15, 0.2) is 0 Å². The monoisotopic (exact) mass is 127 g/mol. The average molecular weight is 127 g/mol. The highest BCUT2D eigenvalue weighted by Gasteiger charge is 2.29. The Labute approximate surface area is 57.8 Å². The molecule has 0 aromatic rings. The van der Waals surface area contributed by atoms with Gasteiger partial charge in [0.2, 0.25) is 0 Å². The molecular formula is C8H17N. The maximum atomic E-state index is 3.39. The molecule has 0 aliphatic carbocycles. The number of nitrogens with one attached hydrogen (secondary N) is 1. The summed E-state index contributed by atoms with van der Waals surface area (Å²) in [6.07, 6.45) is 5.57. The summed E-state index contributed by atoms with van der Waals surface area (Å²) >= 11 is 0. The van der Waals surface area contributed by atoms with Crippen molar-refractivity contribution in [3.05, 3.63) is 0 Å². The summed E-state index contributed by atoms with van der Waals surface area (Å²) in [4.78, 5) is 0. The molecule has 2 unspecified atom stereocenters. The van der Waals surface area contributed by atoms with Crippen molar-refractivity contribution in [2.75, 3.05) is 0 Å². The second kappa shape index (κ2) is 3.21. The Kier molecular flexibility index (Phi) is 2.52. The predicted molar refractivity (Wildman–Crippen MR) is 40.5 cm³/mol. The van der Waals surface area contributed by atoms with Gasteiger partial charge >= 0.3 is 0 Å². The molecule has 1 heterocycles. The summed E-state index contributed by atoms with van der Waals surface area (Å²) in [6, 6.07) is 1.69. The molecule has 54 valence electrons. The van der Waals surface area contributed by atoms with E-state index in [0.29, 0.717) is 0 Å². The van der Waals surface area contributed by atoms with Crippen LogP contribution in [0.4, 0.5) is 0 Å². The summed E-state index contributed by atoms with van der Waals surface area (Å²) in [6.45, 7) is 4.51. The molecule has 1 rings (SSSR count). The van der Waals surface area contributed by atoms with Gasteiger partial charge in [-0.15, -0.1) is 0 Å². The van der Waals surface area contributed by atoms with Gasteiger partial charge in [-0.1, -0.05) is 26.2 Å². The van der Waals surface area contributed by atoms with E-state index in [0.717, 1.165) is 12.1 Å². The minimum Gasteiger partial charge on any atom is -0.308 e. The molecule has 1 heteroatoms. The lowest BCUT2D eigenvalue weighted by molar-refractivity contribution is 0.653. The first kappa shape index (κ1) is 7.07. The third-order valence-corrected chi connectivity index (χ3v) is 2.09. The van der Waals surface area contributed by atoms with Gasteiger partial charge in [-0.3, -0.25) is 0 Å². The molecule has 1 saturated heterocycles. The fraction of sp³-hybridized carbons (Fsp3) is 1.00. The largest absolute Gasteiger partial charge is 0.308 e. The van der Waals surface area contributed by atoms with Crippen molar-refractivity contribution in [2.24, 2.45) is 0 Å². The number of hydrogen-bond acceptors (Lipinski definition) is 1. The summed E-state index contributed by atoms with van der Waals surface area (Å²) in [5.41, 5.74) is 0. The molecule has 0 bridgehead atoms. The maximum Gasteiger partial charge on any atom is 0.0221 e. The number of rotatable bonds is 4. The van der Waals surface area contributed by atoms with Crippen LogP contribution in [0.5, 0.6) is 0 Å². The lowest BCUT2D eigenvalue weighted by atomic mass is 10.1. The Balaban J connectivity index is 1.83. The van der Waals surface area contributed by atoms with Gasteiger partial charge in [0.1, 0.15) is 0 Å². The van der Waals surface area contributed by atoms with E-state index in [2.05, 4.69) is 19.2 Å².